The van der Waals surface area contributed by atoms with E-state index < -0.39 is 0 Å². The Balaban J connectivity index is 1.58. The van der Waals surface area contributed by atoms with Gasteiger partial charge in [0.05, 0.1) is 28.8 Å². The highest BCUT2D eigenvalue weighted by molar-refractivity contribution is 7.13. The van der Waals surface area contributed by atoms with Gasteiger partial charge in [0.25, 0.3) is 0 Å². The van der Waals surface area contributed by atoms with Crippen molar-refractivity contribution in [3.8, 4) is 0 Å². The highest BCUT2D eigenvalue weighted by atomic mass is 35.5. The number of aromatic nitrogens is 1. The smallest absolute Gasteiger partial charge is 0.311 e. The molecule has 1 N–H and O–H groups in total. The van der Waals surface area contributed by atoms with Crippen LogP contribution in [-0.2, 0) is 20.7 Å². The number of nitrogens with one attached hydrogen (secondary N) is 1. The van der Waals surface area contributed by atoms with Gasteiger partial charge in [0.15, 0.2) is 5.13 Å². The highest BCUT2D eigenvalue weighted by Gasteiger charge is 2.45. The molecule has 132 valence electrons. The van der Waals surface area contributed by atoms with E-state index in [4.69, 9.17) is 27.9 Å². The van der Waals surface area contributed by atoms with Crippen molar-refractivity contribution in [2.24, 2.45) is 5.92 Å². The van der Waals surface area contributed by atoms with Crippen molar-refractivity contribution in [1.29, 1.82) is 0 Å². The van der Waals surface area contributed by atoms with Gasteiger partial charge in [0.2, 0.25) is 5.91 Å². The molecule has 0 radical (unpaired) electrons. The Morgan fingerprint density at radius 2 is 2.20 bits per heavy atom. The first-order chi connectivity index (χ1) is 12.0. The lowest BCUT2D eigenvalue weighted by Gasteiger charge is -2.05. The third-order valence-corrected chi connectivity index (χ3v) is 5.56. The molecule has 0 spiro atoms. The van der Waals surface area contributed by atoms with Gasteiger partial charge in [-0.3, -0.25) is 9.59 Å². The number of benzene rings is 1. The molecule has 1 aromatic carbocycles. The number of hydrogen-bond donors (Lipinski definition) is 1. The minimum absolute atomic E-state index is 0.0742. The lowest BCUT2D eigenvalue weighted by atomic mass is 10.1. The number of thiazole rings is 1. The summed E-state index contributed by atoms with van der Waals surface area (Å²) in [5.74, 6) is -0.500. The zero-order chi connectivity index (χ0) is 18.0. The maximum absolute atomic E-state index is 12.4. The van der Waals surface area contributed by atoms with E-state index in [0.717, 1.165) is 12.0 Å². The van der Waals surface area contributed by atoms with Gasteiger partial charge < -0.3 is 10.1 Å². The summed E-state index contributed by atoms with van der Waals surface area (Å²) < 4.78 is 4.88. The quantitative estimate of drug-likeness (QED) is 0.736. The zero-order valence-electron chi connectivity index (χ0n) is 13.4. The third kappa shape index (κ3) is 4.32. The molecule has 1 aromatic heterocycles. The van der Waals surface area contributed by atoms with Gasteiger partial charge in [-0.05, 0) is 30.9 Å². The van der Waals surface area contributed by atoms with Crippen molar-refractivity contribution < 1.29 is 14.3 Å². The van der Waals surface area contributed by atoms with Crippen molar-refractivity contribution in [3.63, 3.8) is 0 Å². The number of amides is 1. The first-order valence-electron chi connectivity index (χ1n) is 7.84. The van der Waals surface area contributed by atoms with Gasteiger partial charge in [-0.1, -0.05) is 35.3 Å². The fourth-order valence-corrected chi connectivity index (χ4v) is 3.80. The van der Waals surface area contributed by atoms with Gasteiger partial charge in [-0.15, -0.1) is 11.3 Å². The van der Waals surface area contributed by atoms with Crippen LogP contribution >= 0.6 is 34.5 Å². The summed E-state index contributed by atoms with van der Waals surface area (Å²) in [5.41, 5.74) is 1.49. The number of carbonyl (C=O) groups is 2. The van der Waals surface area contributed by atoms with E-state index in [1.54, 1.807) is 18.4 Å². The molecule has 0 aliphatic heterocycles. The number of halogens is 2. The van der Waals surface area contributed by atoms with E-state index >= 15 is 0 Å². The van der Waals surface area contributed by atoms with E-state index in [9.17, 15) is 9.59 Å². The van der Waals surface area contributed by atoms with Gasteiger partial charge >= 0.3 is 5.97 Å². The van der Waals surface area contributed by atoms with Crippen LogP contribution < -0.4 is 5.32 Å². The van der Waals surface area contributed by atoms with Crippen LogP contribution in [0.4, 0.5) is 5.13 Å². The molecule has 5 nitrogen and oxygen atoms in total. The van der Waals surface area contributed by atoms with Crippen LogP contribution in [0, 0.1) is 5.92 Å². The van der Waals surface area contributed by atoms with Crippen molar-refractivity contribution in [2.75, 3.05) is 11.9 Å². The largest absolute Gasteiger partial charge is 0.466 e. The Hall–Kier alpha value is -1.63. The van der Waals surface area contributed by atoms with Crippen molar-refractivity contribution in [3.05, 3.63) is 44.9 Å². The molecule has 2 aromatic rings. The predicted molar refractivity (Wildman–Crippen MR) is 98.4 cm³/mol. The zero-order valence-corrected chi connectivity index (χ0v) is 15.7. The molecule has 8 heteroatoms. The lowest BCUT2D eigenvalue weighted by Crippen LogP contribution is -2.14. The van der Waals surface area contributed by atoms with Crippen LogP contribution in [0.2, 0.25) is 10.0 Å². The number of hydrogen-bond acceptors (Lipinski definition) is 5. The van der Waals surface area contributed by atoms with E-state index in [1.807, 2.05) is 12.1 Å². The maximum Gasteiger partial charge on any atom is 0.311 e. The average molecular weight is 399 g/mol. The fourth-order valence-electron chi connectivity index (χ4n) is 2.64. The second kappa shape index (κ2) is 7.72. The summed E-state index contributed by atoms with van der Waals surface area (Å²) in [5, 5.41) is 6.03. The molecule has 0 bridgehead atoms. The maximum atomic E-state index is 12.4. The Morgan fingerprint density at radius 1 is 1.40 bits per heavy atom. The summed E-state index contributed by atoms with van der Waals surface area (Å²) in [4.78, 5) is 28.1. The first-order valence-corrected chi connectivity index (χ1v) is 9.48. The number of anilines is 1. The molecule has 1 heterocycles. The van der Waals surface area contributed by atoms with Crippen molar-refractivity contribution >= 4 is 51.5 Å². The van der Waals surface area contributed by atoms with Gasteiger partial charge in [0, 0.05) is 11.3 Å². The normalized spacial score (nSPS) is 18.7. The summed E-state index contributed by atoms with van der Waals surface area (Å²) >= 11 is 13.5. The minimum atomic E-state index is -0.330. The van der Waals surface area contributed by atoms with E-state index in [-0.39, 0.29) is 30.1 Å². The Kier molecular flexibility index (Phi) is 5.61. The SMILES string of the molecule is CCOC(=O)Cc1csc(NC(=O)C2CC2c2cccc(Cl)c2Cl)n1. The van der Waals surface area contributed by atoms with Crippen LogP contribution in [0.25, 0.3) is 0 Å². The second-order valence-corrected chi connectivity index (χ2v) is 7.35. The third-order valence-electron chi connectivity index (χ3n) is 3.92. The molecule has 2 atom stereocenters. The van der Waals surface area contributed by atoms with Crippen molar-refractivity contribution in [2.45, 2.75) is 25.7 Å². The van der Waals surface area contributed by atoms with Gasteiger partial charge in [0.1, 0.15) is 0 Å². The molecule has 3 rings (SSSR count). The number of ether oxygens (including phenoxy) is 1. The van der Waals surface area contributed by atoms with Gasteiger partial charge in [-0.2, -0.15) is 0 Å². The summed E-state index contributed by atoms with van der Waals surface area (Å²) in [7, 11) is 0. The van der Waals surface area contributed by atoms with E-state index in [1.165, 1.54) is 11.3 Å². The number of esters is 1. The summed E-state index contributed by atoms with van der Waals surface area (Å²) in [6.07, 6.45) is 0.831. The molecular weight excluding hydrogens is 383 g/mol. The highest BCUT2D eigenvalue weighted by Crippen LogP contribution is 2.51. The monoisotopic (exact) mass is 398 g/mol. The molecule has 25 heavy (non-hydrogen) atoms. The fraction of sp³-hybridized carbons (Fsp3) is 0.353. The Morgan fingerprint density at radius 3 is 2.96 bits per heavy atom. The Bertz CT molecular complexity index is 809. The average Bonchev–Trinajstić information content (AvgIpc) is 3.25. The standard InChI is InChI=1S/C17H16Cl2N2O3S/c1-2-24-14(22)6-9-8-25-17(20-9)21-16(23)12-7-11(12)10-4-3-5-13(18)15(10)19/h3-5,8,11-12H,2,6-7H2,1H3,(H,20,21,23). The second-order valence-electron chi connectivity index (χ2n) is 5.71. The summed E-state index contributed by atoms with van der Waals surface area (Å²) in [6, 6.07) is 5.46. The first kappa shape index (κ1) is 18.2. The number of nitrogens with zero attached hydrogens (tertiary/aromatic N) is 1. The molecule has 1 fully saturated rings. The molecule has 1 aliphatic carbocycles. The van der Waals surface area contributed by atoms with Crippen LogP contribution in [0.15, 0.2) is 23.6 Å². The molecule has 2 unspecified atom stereocenters. The van der Waals surface area contributed by atoms with Crippen LogP contribution in [0.5, 0.6) is 0 Å². The van der Waals surface area contributed by atoms with Crippen molar-refractivity contribution in [1.82, 2.24) is 4.98 Å². The van der Waals surface area contributed by atoms with E-state index in [0.29, 0.717) is 27.5 Å². The number of carbonyl (C=O) groups excluding carboxylic acids is 2. The summed E-state index contributed by atoms with van der Waals surface area (Å²) in [6.45, 7) is 2.09. The Labute approximate surface area is 159 Å². The topological polar surface area (TPSA) is 68.3 Å². The lowest BCUT2D eigenvalue weighted by molar-refractivity contribution is -0.142. The molecule has 0 saturated heterocycles. The molecular formula is C17H16Cl2N2O3S. The minimum Gasteiger partial charge on any atom is -0.466 e. The van der Waals surface area contributed by atoms with E-state index in [2.05, 4.69) is 10.3 Å². The van der Waals surface area contributed by atoms with Crippen LogP contribution in [0.3, 0.4) is 0 Å². The molecule has 1 aliphatic rings. The molecule has 1 saturated carbocycles. The van der Waals surface area contributed by atoms with Crippen LogP contribution in [-0.4, -0.2) is 23.5 Å². The number of rotatable bonds is 6. The predicted octanol–water partition coefficient (Wildman–Crippen LogP) is 4.30. The molecule has 1 amide bonds. The van der Waals surface area contributed by atoms with Gasteiger partial charge in [-0.25, -0.2) is 4.98 Å². The van der Waals surface area contributed by atoms with Crippen LogP contribution in [0.1, 0.15) is 30.5 Å².